The van der Waals surface area contributed by atoms with E-state index < -0.39 is 0 Å². The van der Waals surface area contributed by atoms with Crippen molar-refractivity contribution in [3.05, 3.63) is 53.1 Å². The Hall–Kier alpha value is -2.73. The molecule has 0 aromatic heterocycles. The van der Waals surface area contributed by atoms with Crippen LogP contribution in [0.3, 0.4) is 0 Å². The van der Waals surface area contributed by atoms with Crippen molar-refractivity contribution in [2.24, 2.45) is 0 Å². The van der Waals surface area contributed by atoms with Crippen molar-refractivity contribution in [1.82, 2.24) is 4.90 Å². The lowest BCUT2D eigenvalue weighted by molar-refractivity contribution is -0.135. The zero-order chi connectivity index (χ0) is 19.8. The summed E-state index contributed by atoms with van der Waals surface area (Å²) in [5.41, 5.74) is 1.64. The molecule has 0 aliphatic carbocycles. The Bertz CT molecular complexity index is 793. The second-order valence-corrected chi connectivity index (χ2v) is 6.37. The molecule has 0 aliphatic heterocycles. The van der Waals surface area contributed by atoms with Gasteiger partial charge in [0.15, 0.2) is 6.61 Å². The van der Waals surface area contributed by atoms with Crippen molar-refractivity contribution in [3.63, 3.8) is 0 Å². The van der Waals surface area contributed by atoms with E-state index in [0.29, 0.717) is 22.2 Å². The van der Waals surface area contributed by atoms with E-state index in [9.17, 15) is 9.59 Å². The molecule has 2 aromatic rings. The topological polar surface area (TPSA) is 67.9 Å². The molecular weight excluding hydrogens is 368 g/mol. The summed E-state index contributed by atoms with van der Waals surface area (Å²) in [6.07, 6.45) is 0.939. The first-order valence-corrected chi connectivity index (χ1v) is 8.89. The smallest absolute Gasteiger partial charge is 0.260 e. The van der Waals surface area contributed by atoms with Crippen LogP contribution in [0.5, 0.6) is 11.5 Å². The Morgan fingerprint density at radius 3 is 2.48 bits per heavy atom. The predicted octanol–water partition coefficient (Wildman–Crippen LogP) is 3.39. The molecule has 2 amide bonds. The van der Waals surface area contributed by atoms with E-state index in [1.807, 2.05) is 24.3 Å². The number of hydrogen-bond donors (Lipinski definition) is 1. The van der Waals surface area contributed by atoms with Crippen LogP contribution in [0.2, 0.25) is 5.02 Å². The average Bonchev–Trinajstić information content (AvgIpc) is 2.66. The number of methoxy groups -OCH3 is 1. The quantitative estimate of drug-likeness (QED) is 0.750. The van der Waals surface area contributed by atoms with Gasteiger partial charge in [-0.15, -0.1) is 0 Å². The van der Waals surface area contributed by atoms with Crippen molar-refractivity contribution in [2.45, 2.75) is 13.3 Å². The van der Waals surface area contributed by atoms with Crippen molar-refractivity contribution in [1.29, 1.82) is 0 Å². The lowest BCUT2D eigenvalue weighted by Crippen LogP contribution is -2.37. The molecule has 0 aliphatic rings. The van der Waals surface area contributed by atoms with Gasteiger partial charge >= 0.3 is 0 Å². The molecule has 2 aromatic carbocycles. The first kappa shape index (κ1) is 20.6. The van der Waals surface area contributed by atoms with Gasteiger partial charge in [-0.05, 0) is 42.3 Å². The fourth-order valence-electron chi connectivity index (χ4n) is 2.35. The summed E-state index contributed by atoms with van der Waals surface area (Å²) in [6, 6.07) is 12.5. The SMILES string of the molecule is CCc1ccc(OCC(=O)N(C)CC(=O)Nc2cc(Cl)ccc2OC)cc1. The van der Waals surface area contributed by atoms with Gasteiger partial charge in [-0.2, -0.15) is 0 Å². The second-order valence-electron chi connectivity index (χ2n) is 5.93. The standard InChI is InChI=1S/C20H23ClN2O4/c1-4-14-5-8-16(9-6-14)27-13-20(25)23(2)12-19(24)22-17-11-15(21)7-10-18(17)26-3/h5-11H,4,12-13H2,1-3H3,(H,22,24). The monoisotopic (exact) mass is 390 g/mol. The van der Waals surface area contributed by atoms with Crippen molar-refractivity contribution >= 4 is 29.1 Å². The van der Waals surface area contributed by atoms with Crippen LogP contribution in [0, 0.1) is 0 Å². The van der Waals surface area contributed by atoms with Gasteiger partial charge in [-0.3, -0.25) is 9.59 Å². The van der Waals surface area contributed by atoms with Crippen molar-refractivity contribution in [2.75, 3.05) is 32.6 Å². The van der Waals surface area contributed by atoms with Crippen LogP contribution in [-0.2, 0) is 16.0 Å². The molecule has 27 heavy (non-hydrogen) atoms. The molecule has 0 saturated carbocycles. The lowest BCUT2D eigenvalue weighted by Gasteiger charge is -2.18. The van der Waals surface area contributed by atoms with Crippen LogP contribution in [0.1, 0.15) is 12.5 Å². The van der Waals surface area contributed by atoms with Crippen molar-refractivity contribution in [3.8, 4) is 11.5 Å². The van der Waals surface area contributed by atoms with Gasteiger partial charge < -0.3 is 19.7 Å². The van der Waals surface area contributed by atoms with E-state index in [2.05, 4.69) is 12.2 Å². The van der Waals surface area contributed by atoms with E-state index in [-0.39, 0.29) is 25.0 Å². The summed E-state index contributed by atoms with van der Waals surface area (Å²) in [7, 11) is 3.04. The molecule has 7 heteroatoms. The minimum atomic E-state index is -0.362. The molecule has 1 N–H and O–H groups in total. The fourth-order valence-corrected chi connectivity index (χ4v) is 2.52. The fraction of sp³-hybridized carbons (Fsp3) is 0.300. The van der Waals surface area contributed by atoms with Gasteiger partial charge in [0.2, 0.25) is 5.91 Å². The van der Waals surface area contributed by atoms with Gasteiger partial charge in [-0.25, -0.2) is 0 Å². The third-order valence-electron chi connectivity index (χ3n) is 3.94. The number of benzene rings is 2. The Balaban J connectivity index is 1.86. The van der Waals surface area contributed by atoms with Crippen LogP contribution in [-0.4, -0.2) is 44.0 Å². The molecule has 0 heterocycles. The maximum absolute atomic E-state index is 12.2. The minimum absolute atomic E-state index is 0.118. The van der Waals surface area contributed by atoms with Crippen LogP contribution in [0.25, 0.3) is 0 Å². The van der Waals surface area contributed by atoms with E-state index in [1.165, 1.54) is 17.6 Å². The lowest BCUT2D eigenvalue weighted by atomic mass is 10.2. The first-order valence-electron chi connectivity index (χ1n) is 8.52. The van der Waals surface area contributed by atoms with Gasteiger partial charge in [-0.1, -0.05) is 30.7 Å². The number of halogens is 1. The number of nitrogens with zero attached hydrogens (tertiary/aromatic N) is 1. The second kappa shape index (κ2) is 9.83. The first-order chi connectivity index (χ1) is 12.9. The van der Waals surface area contributed by atoms with Crippen LogP contribution >= 0.6 is 11.6 Å². The summed E-state index contributed by atoms with van der Waals surface area (Å²) in [5, 5.41) is 3.16. The summed E-state index contributed by atoms with van der Waals surface area (Å²) in [4.78, 5) is 25.7. The number of aryl methyl sites for hydroxylation is 1. The van der Waals surface area contributed by atoms with E-state index in [4.69, 9.17) is 21.1 Å². The van der Waals surface area contributed by atoms with Gasteiger partial charge in [0.05, 0.1) is 19.3 Å². The number of rotatable bonds is 8. The van der Waals surface area contributed by atoms with Crippen LogP contribution in [0.15, 0.2) is 42.5 Å². The third-order valence-corrected chi connectivity index (χ3v) is 4.17. The maximum Gasteiger partial charge on any atom is 0.260 e. The van der Waals surface area contributed by atoms with Crippen LogP contribution < -0.4 is 14.8 Å². The Kier molecular flexibility index (Phi) is 7.49. The Morgan fingerprint density at radius 2 is 1.85 bits per heavy atom. The average molecular weight is 391 g/mol. The Labute approximate surface area is 164 Å². The highest BCUT2D eigenvalue weighted by molar-refractivity contribution is 6.31. The van der Waals surface area contributed by atoms with E-state index >= 15 is 0 Å². The summed E-state index contributed by atoms with van der Waals surface area (Å²) in [5.74, 6) is 0.434. The van der Waals surface area contributed by atoms with E-state index in [0.717, 1.165) is 6.42 Å². The largest absolute Gasteiger partial charge is 0.495 e. The minimum Gasteiger partial charge on any atom is -0.495 e. The molecule has 144 valence electrons. The van der Waals surface area contributed by atoms with Gasteiger partial charge in [0, 0.05) is 12.1 Å². The number of anilines is 1. The predicted molar refractivity (Wildman–Crippen MR) is 106 cm³/mol. The molecule has 6 nitrogen and oxygen atoms in total. The molecule has 0 bridgehead atoms. The molecule has 0 spiro atoms. The van der Waals surface area contributed by atoms with Gasteiger partial charge in [0.25, 0.3) is 5.91 Å². The summed E-state index contributed by atoms with van der Waals surface area (Å²) < 4.78 is 10.7. The summed E-state index contributed by atoms with van der Waals surface area (Å²) >= 11 is 5.94. The van der Waals surface area contributed by atoms with E-state index in [1.54, 1.807) is 25.2 Å². The molecule has 0 radical (unpaired) electrons. The number of carbonyl (C=O) groups is 2. The van der Waals surface area contributed by atoms with Crippen molar-refractivity contribution < 1.29 is 19.1 Å². The Morgan fingerprint density at radius 1 is 1.15 bits per heavy atom. The molecular formula is C20H23ClN2O4. The number of ether oxygens (including phenoxy) is 2. The van der Waals surface area contributed by atoms with Crippen LogP contribution in [0.4, 0.5) is 5.69 Å². The number of carbonyl (C=O) groups excluding carboxylic acids is 2. The maximum atomic E-state index is 12.2. The highest BCUT2D eigenvalue weighted by Crippen LogP contribution is 2.27. The summed E-state index contributed by atoms with van der Waals surface area (Å²) in [6.45, 7) is 1.81. The molecule has 0 saturated heterocycles. The molecule has 0 fully saturated rings. The normalized spacial score (nSPS) is 10.2. The van der Waals surface area contributed by atoms with Gasteiger partial charge in [0.1, 0.15) is 11.5 Å². The number of nitrogens with one attached hydrogen (secondary N) is 1. The number of hydrogen-bond acceptors (Lipinski definition) is 4. The zero-order valence-corrected chi connectivity index (χ0v) is 16.4. The number of likely N-dealkylation sites (N-methyl/N-ethyl adjacent to an activating group) is 1. The number of amides is 2. The molecule has 0 unspecified atom stereocenters. The third kappa shape index (κ3) is 6.18. The highest BCUT2D eigenvalue weighted by atomic mass is 35.5. The zero-order valence-electron chi connectivity index (χ0n) is 15.6. The molecule has 0 atom stereocenters. The molecule has 2 rings (SSSR count). The highest BCUT2D eigenvalue weighted by Gasteiger charge is 2.15.